The fraction of sp³-hybridized carbons (Fsp3) is 0.923. The average molecular weight is 260 g/mol. The van der Waals surface area contributed by atoms with E-state index in [0.29, 0.717) is 32.8 Å². The summed E-state index contributed by atoms with van der Waals surface area (Å²) < 4.78 is 10.6. The molecule has 0 atom stereocenters. The van der Waals surface area contributed by atoms with E-state index in [1.54, 1.807) is 0 Å². The Morgan fingerprint density at radius 3 is 2.39 bits per heavy atom. The molecule has 0 aromatic carbocycles. The largest absolute Gasteiger partial charge is 0.379 e. The fourth-order valence-electron chi connectivity index (χ4n) is 1.35. The Hall–Kier alpha value is -0.650. The normalized spacial score (nSPS) is 10.6. The van der Waals surface area contributed by atoms with Crippen LogP contribution in [0, 0.1) is 0 Å². The van der Waals surface area contributed by atoms with Crippen LogP contribution in [0.3, 0.4) is 0 Å². The van der Waals surface area contributed by atoms with Crippen LogP contribution in [0.4, 0.5) is 0 Å². The summed E-state index contributed by atoms with van der Waals surface area (Å²) >= 11 is 0. The lowest BCUT2D eigenvalue weighted by molar-refractivity contribution is -0.122. The van der Waals surface area contributed by atoms with E-state index in [2.05, 4.69) is 17.6 Å². The predicted octanol–water partition coefficient (Wildman–Crippen LogP) is 0.936. The Morgan fingerprint density at radius 2 is 1.72 bits per heavy atom. The van der Waals surface area contributed by atoms with Gasteiger partial charge in [-0.05, 0) is 13.5 Å². The third-order valence-corrected chi connectivity index (χ3v) is 2.44. The molecule has 5 heteroatoms. The number of likely N-dealkylation sites (N-methyl/N-ethyl adjacent to an activating group) is 1. The summed E-state index contributed by atoms with van der Waals surface area (Å²) in [6, 6.07) is 0. The van der Waals surface area contributed by atoms with Crippen molar-refractivity contribution < 1.29 is 14.3 Å². The molecular formula is C13H28N2O3. The smallest absolute Gasteiger partial charge is 0.222 e. The zero-order valence-electron chi connectivity index (χ0n) is 11.8. The van der Waals surface area contributed by atoms with Crippen molar-refractivity contribution in [1.82, 2.24) is 10.6 Å². The minimum atomic E-state index is 0.0715. The zero-order valence-corrected chi connectivity index (χ0v) is 11.8. The number of carbonyl (C=O) groups is 1. The third kappa shape index (κ3) is 13.4. The molecule has 1 amide bonds. The Kier molecular flexibility index (Phi) is 13.9. The number of carbonyl (C=O) groups excluding carboxylic acids is 1. The van der Waals surface area contributed by atoms with Crippen molar-refractivity contribution in [2.45, 2.75) is 32.6 Å². The van der Waals surface area contributed by atoms with E-state index in [4.69, 9.17) is 9.47 Å². The lowest BCUT2D eigenvalue weighted by atomic mass is 10.2. The summed E-state index contributed by atoms with van der Waals surface area (Å²) in [6.45, 7) is 6.06. The van der Waals surface area contributed by atoms with Gasteiger partial charge in [0.2, 0.25) is 5.91 Å². The highest BCUT2D eigenvalue weighted by Gasteiger charge is 1.99. The second-order valence-electron chi connectivity index (χ2n) is 4.14. The highest BCUT2D eigenvalue weighted by Crippen LogP contribution is 1.91. The predicted molar refractivity (Wildman–Crippen MR) is 72.7 cm³/mol. The lowest BCUT2D eigenvalue weighted by Gasteiger charge is -2.06. The van der Waals surface area contributed by atoms with Gasteiger partial charge < -0.3 is 20.1 Å². The van der Waals surface area contributed by atoms with Crippen molar-refractivity contribution in [3.05, 3.63) is 0 Å². The minimum absolute atomic E-state index is 0.0715. The SMILES string of the molecule is CCCCCNC(=O)CCOCCOCCNC. The van der Waals surface area contributed by atoms with Crippen molar-refractivity contribution in [2.24, 2.45) is 0 Å². The van der Waals surface area contributed by atoms with Crippen molar-refractivity contribution >= 4 is 5.91 Å². The molecule has 0 heterocycles. The van der Waals surface area contributed by atoms with Crippen molar-refractivity contribution in [3.8, 4) is 0 Å². The molecule has 0 saturated heterocycles. The molecule has 2 N–H and O–H groups in total. The van der Waals surface area contributed by atoms with E-state index in [0.717, 1.165) is 19.5 Å². The molecule has 0 spiro atoms. The van der Waals surface area contributed by atoms with E-state index in [-0.39, 0.29) is 5.91 Å². The van der Waals surface area contributed by atoms with Gasteiger partial charge in [0, 0.05) is 19.5 Å². The molecule has 0 saturated carbocycles. The number of amides is 1. The first-order valence-corrected chi connectivity index (χ1v) is 6.88. The maximum atomic E-state index is 11.3. The van der Waals surface area contributed by atoms with Crippen LogP contribution in [0.25, 0.3) is 0 Å². The molecule has 0 radical (unpaired) electrons. The molecule has 0 aliphatic rings. The highest BCUT2D eigenvalue weighted by atomic mass is 16.5. The van der Waals surface area contributed by atoms with Gasteiger partial charge in [0.05, 0.1) is 26.4 Å². The van der Waals surface area contributed by atoms with Gasteiger partial charge in [-0.25, -0.2) is 0 Å². The van der Waals surface area contributed by atoms with Crippen molar-refractivity contribution in [1.29, 1.82) is 0 Å². The Balaban J connectivity index is 3.10. The second kappa shape index (κ2) is 14.4. The Bertz CT molecular complexity index is 189. The number of hydrogen-bond acceptors (Lipinski definition) is 4. The monoisotopic (exact) mass is 260 g/mol. The first-order valence-electron chi connectivity index (χ1n) is 6.88. The number of ether oxygens (including phenoxy) is 2. The minimum Gasteiger partial charge on any atom is -0.379 e. The van der Waals surface area contributed by atoms with Crippen LogP contribution in [-0.2, 0) is 14.3 Å². The number of rotatable bonds is 13. The van der Waals surface area contributed by atoms with Gasteiger partial charge >= 0.3 is 0 Å². The van der Waals surface area contributed by atoms with Gasteiger partial charge in [0.15, 0.2) is 0 Å². The second-order valence-corrected chi connectivity index (χ2v) is 4.14. The van der Waals surface area contributed by atoms with Gasteiger partial charge in [-0.2, -0.15) is 0 Å². The van der Waals surface area contributed by atoms with Crippen LogP contribution in [-0.4, -0.2) is 52.5 Å². The molecule has 0 aliphatic carbocycles. The van der Waals surface area contributed by atoms with Crippen LogP contribution < -0.4 is 10.6 Å². The lowest BCUT2D eigenvalue weighted by Crippen LogP contribution is -2.25. The number of hydrogen-bond donors (Lipinski definition) is 2. The van der Waals surface area contributed by atoms with E-state index in [1.165, 1.54) is 12.8 Å². The average Bonchev–Trinajstić information content (AvgIpc) is 2.38. The number of nitrogens with one attached hydrogen (secondary N) is 2. The topological polar surface area (TPSA) is 59.6 Å². The van der Waals surface area contributed by atoms with Crippen LogP contribution in [0.1, 0.15) is 32.6 Å². The van der Waals surface area contributed by atoms with Gasteiger partial charge in [-0.3, -0.25) is 4.79 Å². The van der Waals surface area contributed by atoms with Gasteiger partial charge in [0.25, 0.3) is 0 Å². The number of unbranched alkanes of at least 4 members (excludes halogenated alkanes) is 2. The maximum absolute atomic E-state index is 11.3. The van der Waals surface area contributed by atoms with Crippen LogP contribution in [0.15, 0.2) is 0 Å². The molecule has 0 fully saturated rings. The molecule has 5 nitrogen and oxygen atoms in total. The third-order valence-electron chi connectivity index (χ3n) is 2.44. The molecular weight excluding hydrogens is 232 g/mol. The fourth-order valence-corrected chi connectivity index (χ4v) is 1.35. The molecule has 0 aromatic rings. The molecule has 18 heavy (non-hydrogen) atoms. The Labute approximate surface area is 111 Å². The molecule has 0 aromatic heterocycles. The molecule has 0 aliphatic heterocycles. The molecule has 0 rings (SSSR count). The summed E-state index contributed by atoms with van der Waals surface area (Å²) in [4.78, 5) is 11.3. The summed E-state index contributed by atoms with van der Waals surface area (Å²) in [6.07, 6.45) is 3.83. The van der Waals surface area contributed by atoms with E-state index in [9.17, 15) is 4.79 Å². The molecule has 0 unspecified atom stereocenters. The first kappa shape index (κ1) is 17.4. The van der Waals surface area contributed by atoms with Gasteiger partial charge in [-0.1, -0.05) is 19.8 Å². The van der Waals surface area contributed by atoms with Crippen LogP contribution in [0.5, 0.6) is 0 Å². The van der Waals surface area contributed by atoms with E-state index >= 15 is 0 Å². The quantitative estimate of drug-likeness (QED) is 0.484. The molecule has 108 valence electrons. The standard InChI is InChI=1S/C13H28N2O3/c1-3-4-5-7-15-13(16)6-9-17-11-12-18-10-8-14-2/h14H,3-12H2,1-2H3,(H,15,16). The van der Waals surface area contributed by atoms with Gasteiger partial charge in [0.1, 0.15) is 0 Å². The maximum Gasteiger partial charge on any atom is 0.222 e. The van der Waals surface area contributed by atoms with Gasteiger partial charge in [-0.15, -0.1) is 0 Å². The zero-order chi connectivity index (χ0) is 13.5. The van der Waals surface area contributed by atoms with E-state index < -0.39 is 0 Å². The summed E-state index contributed by atoms with van der Waals surface area (Å²) in [5.41, 5.74) is 0. The van der Waals surface area contributed by atoms with Crippen molar-refractivity contribution in [3.63, 3.8) is 0 Å². The van der Waals surface area contributed by atoms with Crippen LogP contribution >= 0.6 is 0 Å². The first-order chi connectivity index (χ1) is 8.81. The summed E-state index contributed by atoms with van der Waals surface area (Å²) in [5.74, 6) is 0.0715. The molecule has 0 bridgehead atoms. The van der Waals surface area contributed by atoms with Crippen LogP contribution in [0.2, 0.25) is 0 Å². The van der Waals surface area contributed by atoms with E-state index in [1.807, 2.05) is 7.05 Å². The Morgan fingerprint density at radius 1 is 1.00 bits per heavy atom. The highest BCUT2D eigenvalue weighted by molar-refractivity contribution is 5.75. The summed E-state index contributed by atoms with van der Waals surface area (Å²) in [7, 11) is 1.89. The van der Waals surface area contributed by atoms with Crippen molar-refractivity contribution in [2.75, 3.05) is 46.6 Å². The summed E-state index contributed by atoms with van der Waals surface area (Å²) in [5, 5.41) is 5.87.